The number of anilines is 1. The predicted octanol–water partition coefficient (Wildman–Crippen LogP) is 6.42. The summed E-state index contributed by atoms with van der Waals surface area (Å²) in [4.78, 5) is 22.3. The summed E-state index contributed by atoms with van der Waals surface area (Å²) in [6.45, 7) is 6.74. The maximum Gasteiger partial charge on any atom is 0.490 e. The molecular weight excluding hydrogens is 598 g/mol. The first-order chi connectivity index (χ1) is 19.3. The molecule has 1 aromatic carbocycles. The van der Waals surface area contributed by atoms with E-state index in [1.165, 1.54) is 33.9 Å². The number of rotatable bonds is 8. The number of aromatic nitrogens is 2. The number of carbonyl (C=O) groups excluding carboxylic acids is 1. The fraction of sp³-hybridized carbons (Fsp3) is 0.407. The van der Waals surface area contributed by atoms with Crippen LogP contribution in [0.15, 0.2) is 52.2 Å². The van der Waals surface area contributed by atoms with Crippen LogP contribution in [-0.2, 0) is 26.1 Å². The maximum absolute atomic E-state index is 13.5. The Hall–Kier alpha value is -2.94. The van der Waals surface area contributed by atoms with Gasteiger partial charge in [-0.2, -0.15) is 13.2 Å². The van der Waals surface area contributed by atoms with Gasteiger partial charge >= 0.3 is 12.1 Å². The lowest BCUT2D eigenvalue weighted by atomic mass is 9.93. The fourth-order valence-corrected chi connectivity index (χ4v) is 8.60. The van der Waals surface area contributed by atoms with Gasteiger partial charge in [-0.3, -0.25) is 9.21 Å². The van der Waals surface area contributed by atoms with E-state index in [0.29, 0.717) is 43.7 Å². The zero-order valence-corrected chi connectivity index (χ0v) is 25.0. The van der Waals surface area contributed by atoms with Gasteiger partial charge in [0, 0.05) is 42.1 Å². The quantitative estimate of drug-likeness (QED) is 0.227. The Morgan fingerprint density at radius 1 is 1.22 bits per heavy atom. The molecule has 0 amide bonds. The summed E-state index contributed by atoms with van der Waals surface area (Å²) < 4.78 is 71.4. The van der Waals surface area contributed by atoms with Gasteiger partial charge in [-0.15, -0.1) is 22.7 Å². The van der Waals surface area contributed by atoms with Gasteiger partial charge in [0.15, 0.2) is 0 Å². The van der Waals surface area contributed by atoms with Crippen LogP contribution < -0.4 is 4.31 Å². The summed E-state index contributed by atoms with van der Waals surface area (Å²) >= 11 is 2.66. The van der Waals surface area contributed by atoms with Gasteiger partial charge in [-0.1, -0.05) is 18.2 Å². The number of sulfonamides is 1. The second kappa shape index (κ2) is 11.0. The van der Waals surface area contributed by atoms with Gasteiger partial charge in [0.05, 0.1) is 16.9 Å². The molecule has 0 aliphatic carbocycles. The number of fused-ring (bicyclic) bond motifs is 1. The van der Waals surface area contributed by atoms with Crippen LogP contribution in [0.4, 0.5) is 18.9 Å². The van der Waals surface area contributed by atoms with Gasteiger partial charge < -0.3 is 9.72 Å². The summed E-state index contributed by atoms with van der Waals surface area (Å²) in [6, 6.07) is 10.5. The van der Waals surface area contributed by atoms with Crippen molar-refractivity contribution in [3.63, 3.8) is 0 Å². The molecule has 5 rings (SSSR count). The molecule has 220 valence electrons. The number of thiophene rings is 1. The van der Waals surface area contributed by atoms with E-state index in [4.69, 9.17) is 4.74 Å². The van der Waals surface area contributed by atoms with E-state index in [1.54, 1.807) is 29.8 Å². The molecule has 4 aromatic rings. The lowest BCUT2D eigenvalue weighted by molar-refractivity contribution is -0.216. The molecule has 0 spiro atoms. The lowest BCUT2D eigenvalue weighted by Crippen LogP contribution is -2.46. The molecule has 3 aromatic heterocycles. The van der Waals surface area contributed by atoms with Crippen molar-refractivity contribution in [3.8, 4) is 10.7 Å². The van der Waals surface area contributed by atoms with Crippen molar-refractivity contribution in [1.29, 1.82) is 0 Å². The third kappa shape index (κ3) is 6.15. The number of H-pyrrole nitrogens is 1. The van der Waals surface area contributed by atoms with Crippen molar-refractivity contribution in [2.24, 2.45) is 0 Å². The van der Waals surface area contributed by atoms with Gasteiger partial charge in [0.25, 0.3) is 10.0 Å². The number of hydrogen-bond acceptors (Lipinski definition) is 8. The van der Waals surface area contributed by atoms with Crippen LogP contribution in [0, 0.1) is 0 Å². The van der Waals surface area contributed by atoms with Crippen molar-refractivity contribution < 1.29 is 31.1 Å². The zero-order valence-electron chi connectivity index (χ0n) is 22.6. The number of halogens is 3. The van der Waals surface area contributed by atoms with E-state index in [-0.39, 0.29) is 10.3 Å². The molecule has 8 nitrogen and oxygen atoms in total. The van der Waals surface area contributed by atoms with Crippen LogP contribution in [0.3, 0.4) is 0 Å². The molecule has 0 bridgehead atoms. The van der Waals surface area contributed by atoms with E-state index in [2.05, 4.69) is 14.9 Å². The summed E-state index contributed by atoms with van der Waals surface area (Å²) in [7, 11) is -3.76. The Morgan fingerprint density at radius 3 is 2.59 bits per heavy atom. The number of piperidine rings is 1. The van der Waals surface area contributed by atoms with Crippen molar-refractivity contribution in [1.82, 2.24) is 14.9 Å². The number of para-hydroxylation sites is 1. The van der Waals surface area contributed by atoms with Crippen molar-refractivity contribution in [3.05, 3.63) is 52.9 Å². The number of esters is 1. The number of hydrogen-bond donors (Lipinski definition) is 1. The highest BCUT2D eigenvalue weighted by Crippen LogP contribution is 2.37. The van der Waals surface area contributed by atoms with Gasteiger partial charge in [-0.25, -0.2) is 18.2 Å². The van der Waals surface area contributed by atoms with Crippen LogP contribution in [-0.4, -0.2) is 60.2 Å². The molecule has 1 saturated heterocycles. The van der Waals surface area contributed by atoms with Gasteiger partial charge in [0.2, 0.25) is 0 Å². The average molecular weight is 627 g/mol. The predicted molar refractivity (Wildman–Crippen MR) is 154 cm³/mol. The van der Waals surface area contributed by atoms with Crippen molar-refractivity contribution in [2.75, 3.05) is 17.4 Å². The molecule has 0 saturated carbocycles. The van der Waals surface area contributed by atoms with Crippen molar-refractivity contribution in [2.45, 2.75) is 62.2 Å². The van der Waals surface area contributed by atoms with Crippen LogP contribution in [0.5, 0.6) is 0 Å². The van der Waals surface area contributed by atoms with E-state index < -0.39 is 27.8 Å². The van der Waals surface area contributed by atoms with E-state index in [1.807, 2.05) is 32.0 Å². The molecule has 1 aliphatic rings. The largest absolute Gasteiger partial charge is 0.490 e. The second-order valence-corrected chi connectivity index (χ2v) is 14.6. The minimum Gasteiger partial charge on any atom is -0.453 e. The number of ether oxygens (including phenoxy) is 1. The zero-order chi connectivity index (χ0) is 29.6. The summed E-state index contributed by atoms with van der Waals surface area (Å²) in [5.74, 6) is -2.15. The van der Waals surface area contributed by atoms with E-state index in [0.717, 1.165) is 21.0 Å². The highest BCUT2D eigenvalue weighted by Gasteiger charge is 2.45. The van der Waals surface area contributed by atoms with E-state index in [9.17, 15) is 26.4 Å². The van der Waals surface area contributed by atoms with E-state index >= 15 is 0 Å². The normalized spacial score (nSPS) is 16.4. The molecule has 0 radical (unpaired) electrons. The molecule has 1 fully saturated rings. The van der Waals surface area contributed by atoms with Crippen LogP contribution >= 0.6 is 22.7 Å². The summed E-state index contributed by atoms with van der Waals surface area (Å²) in [5.41, 5.74) is 0.852. The Labute approximate surface area is 243 Å². The Morgan fingerprint density at radius 2 is 1.95 bits per heavy atom. The molecule has 1 N–H and O–H groups in total. The third-order valence-electron chi connectivity index (χ3n) is 7.00. The molecule has 41 heavy (non-hydrogen) atoms. The Kier molecular flexibility index (Phi) is 7.96. The summed E-state index contributed by atoms with van der Waals surface area (Å²) in [5, 5.41) is 3.33. The maximum atomic E-state index is 13.5. The monoisotopic (exact) mass is 626 g/mol. The molecule has 14 heteroatoms. The highest BCUT2D eigenvalue weighted by molar-refractivity contribution is 7.94. The standard InChI is InChI=1S/C27H29F3N4O4S3/c1-17(2)34(41(36,37)22-8-5-13-39-22)21-7-4-6-18-14-20(32-23(18)21)24-31-15-19(40-24)16-33-11-9-26(3,10-12-33)38-25(35)27(28,29)30/h4-8,13-15,17,32H,9-12,16H2,1-3H3. The number of nitrogens with one attached hydrogen (secondary N) is 1. The van der Waals surface area contributed by atoms with Crippen LogP contribution in [0.25, 0.3) is 21.6 Å². The first-order valence-electron chi connectivity index (χ1n) is 12.9. The third-order valence-corrected chi connectivity index (χ3v) is 11.4. The lowest BCUT2D eigenvalue weighted by Gasteiger charge is -2.38. The fourth-order valence-electron chi connectivity index (χ4n) is 4.92. The number of aromatic amines is 1. The van der Waals surface area contributed by atoms with Crippen LogP contribution in [0.1, 0.15) is 38.5 Å². The molecular formula is C27H29F3N4O4S3. The first-order valence-corrected chi connectivity index (χ1v) is 16.1. The van der Waals surface area contributed by atoms with Gasteiger partial charge in [-0.05, 0) is 57.2 Å². The topological polar surface area (TPSA) is 95.6 Å². The SMILES string of the molecule is CC(C)N(c1cccc2cc(-c3ncc(CN4CCC(C)(OC(=O)C(F)(F)F)CC4)s3)[nH]c12)S(=O)(=O)c1cccs1. The smallest absolute Gasteiger partial charge is 0.453 e. The van der Waals surface area contributed by atoms with Crippen molar-refractivity contribution >= 4 is 55.3 Å². The molecule has 0 unspecified atom stereocenters. The molecule has 1 aliphatic heterocycles. The number of alkyl halides is 3. The number of nitrogens with zero attached hydrogens (tertiary/aromatic N) is 3. The second-order valence-electron chi connectivity index (χ2n) is 10.5. The number of benzene rings is 1. The molecule has 4 heterocycles. The number of carbonyl (C=O) groups is 1. The number of likely N-dealkylation sites (tertiary alicyclic amines) is 1. The number of thiazole rings is 1. The highest BCUT2D eigenvalue weighted by atomic mass is 32.2. The first kappa shape index (κ1) is 29.5. The Bertz CT molecular complexity index is 1640. The minimum atomic E-state index is -5.01. The molecule has 0 atom stereocenters. The van der Waals surface area contributed by atoms with Crippen LogP contribution in [0.2, 0.25) is 0 Å². The van der Waals surface area contributed by atoms with Gasteiger partial charge in [0.1, 0.15) is 14.8 Å². The minimum absolute atomic E-state index is 0.274. The average Bonchev–Trinajstić information content (AvgIpc) is 3.66. The summed E-state index contributed by atoms with van der Waals surface area (Å²) in [6.07, 6.45) is -2.64. The Balaban J connectivity index is 1.32.